The summed E-state index contributed by atoms with van der Waals surface area (Å²) in [4.78, 5) is 20.7. The van der Waals surface area contributed by atoms with Crippen molar-refractivity contribution in [2.75, 3.05) is 5.32 Å². The van der Waals surface area contributed by atoms with Gasteiger partial charge in [0.1, 0.15) is 0 Å². The van der Waals surface area contributed by atoms with Crippen LogP contribution in [0.2, 0.25) is 5.02 Å². The summed E-state index contributed by atoms with van der Waals surface area (Å²) in [6, 6.07) is 9.48. The van der Waals surface area contributed by atoms with Crippen molar-refractivity contribution >= 4 is 56.3 Å². The number of amides is 1. The molecule has 4 nitrogen and oxygen atoms in total. The number of nitrogens with zero attached hydrogens (tertiary/aromatic N) is 1. The van der Waals surface area contributed by atoms with Gasteiger partial charge in [0.05, 0.1) is 29.3 Å². The average Bonchev–Trinajstić information content (AvgIpc) is 3.15. The molecule has 0 atom stereocenters. The molecule has 114 valence electrons. The van der Waals surface area contributed by atoms with Crippen molar-refractivity contribution < 1.29 is 4.79 Å². The highest BCUT2D eigenvalue weighted by Gasteiger charge is 2.12. The van der Waals surface area contributed by atoms with Crippen molar-refractivity contribution in [3.05, 3.63) is 58.0 Å². The Balaban J connectivity index is 1.75. The second-order valence-electron chi connectivity index (χ2n) is 5.23. The van der Waals surface area contributed by atoms with Crippen LogP contribution in [0.1, 0.15) is 4.88 Å². The van der Waals surface area contributed by atoms with E-state index in [1.165, 1.54) is 0 Å². The summed E-state index contributed by atoms with van der Waals surface area (Å²) in [5.74, 6) is -0.0622. The van der Waals surface area contributed by atoms with Crippen molar-refractivity contribution in [1.29, 1.82) is 0 Å². The van der Waals surface area contributed by atoms with Gasteiger partial charge < -0.3 is 10.3 Å². The minimum absolute atomic E-state index is 0.0622. The largest absolute Gasteiger partial charge is 0.352 e. The molecule has 0 aliphatic rings. The summed E-state index contributed by atoms with van der Waals surface area (Å²) in [6.07, 6.45) is 3.86. The van der Waals surface area contributed by atoms with Gasteiger partial charge in [0.15, 0.2) is 0 Å². The molecule has 6 heteroatoms. The quantitative estimate of drug-likeness (QED) is 0.571. The third-order valence-electron chi connectivity index (χ3n) is 3.66. The third kappa shape index (κ3) is 2.69. The number of halogens is 1. The van der Waals surface area contributed by atoms with Crippen LogP contribution < -0.4 is 5.32 Å². The number of carbonyl (C=O) groups is 1. The molecule has 0 saturated carbocycles. The van der Waals surface area contributed by atoms with E-state index in [1.54, 1.807) is 29.8 Å². The lowest BCUT2D eigenvalue weighted by Crippen LogP contribution is -2.14. The van der Waals surface area contributed by atoms with Gasteiger partial charge in [-0.15, -0.1) is 11.3 Å². The van der Waals surface area contributed by atoms with Crippen molar-refractivity contribution in [3.63, 3.8) is 0 Å². The number of nitrogens with one attached hydrogen (secondary N) is 2. The predicted octanol–water partition coefficient (Wildman–Crippen LogP) is 4.61. The molecule has 0 fully saturated rings. The van der Waals surface area contributed by atoms with Crippen LogP contribution in [0.4, 0.5) is 5.69 Å². The fourth-order valence-corrected chi connectivity index (χ4v) is 3.60. The monoisotopic (exact) mass is 341 g/mol. The fourth-order valence-electron chi connectivity index (χ4n) is 2.68. The zero-order valence-corrected chi connectivity index (χ0v) is 13.5. The number of thiophene rings is 1. The van der Waals surface area contributed by atoms with E-state index in [9.17, 15) is 4.79 Å². The Hall–Kier alpha value is -2.37. The molecule has 2 N–H and O–H groups in total. The van der Waals surface area contributed by atoms with Crippen LogP contribution in [0.3, 0.4) is 0 Å². The average molecular weight is 342 g/mol. The molecule has 4 rings (SSSR count). The number of carbonyl (C=O) groups excluding carboxylic acids is 1. The molecule has 0 unspecified atom stereocenters. The van der Waals surface area contributed by atoms with Gasteiger partial charge in [-0.25, -0.2) is 0 Å². The molecule has 3 heterocycles. The lowest BCUT2D eigenvalue weighted by molar-refractivity contribution is -0.115. The minimum Gasteiger partial charge on any atom is -0.352 e. The number of hydrogen-bond acceptors (Lipinski definition) is 3. The summed E-state index contributed by atoms with van der Waals surface area (Å²) in [5.41, 5.74) is 2.46. The number of benzene rings is 1. The van der Waals surface area contributed by atoms with Gasteiger partial charge in [-0.05, 0) is 29.6 Å². The Kier molecular flexibility index (Phi) is 3.52. The van der Waals surface area contributed by atoms with E-state index in [1.807, 2.05) is 29.6 Å². The number of H-pyrrole nitrogens is 1. The standard InChI is InChI=1S/C17H12ClN3OS/c18-10-6-13-12-3-4-19-9-15(12)21-17(13)14(7-10)20-16(22)8-11-2-1-5-23-11/h1-7,9,21H,8H2,(H,20,22). The molecule has 3 aromatic heterocycles. The third-order valence-corrected chi connectivity index (χ3v) is 4.76. The van der Waals surface area contributed by atoms with Gasteiger partial charge in [0.25, 0.3) is 0 Å². The molecule has 0 spiro atoms. The highest BCUT2D eigenvalue weighted by Crippen LogP contribution is 2.33. The van der Waals surface area contributed by atoms with Crippen LogP contribution in [0.15, 0.2) is 48.1 Å². The molecule has 0 radical (unpaired) electrons. The summed E-state index contributed by atoms with van der Waals surface area (Å²) in [7, 11) is 0. The van der Waals surface area contributed by atoms with Gasteiger partial charge in [-0.2, -0.15) is 0 Å². The van der Waals surface area contributed by atoms with Crippen molar-refractivity contribution in [2.24, 2.45) is 0 Å². The molecule has 0 bridgehead atoms. The number of aromatic nitrogens is 2. The van der Waals surface area contributed by atoms with E-state index in [0.717, 1.165) is 26.7 Å². The Morgan fingerprint density at radius 1 is 1.30 bits per heavy atom. The van der Waals surface area contributed by atoms with Gasteiger partial charge in [-0.3, -0.25) is 9.78 Å². The summed E-state index contributed by atoms with van der Waals surface area (Å²) >= 11 is 7.80. The highest BCUT2D eigenvalue weighted by molar-refractivity contribution is 7.10. The number of pyridine rings is 1. The van der Waals surface area contributed by atoms with Crippen LogP contribution in [-0.2, 0) is 11.2 Å². The van der Waals surface area contributed by atoms with Gasteiger partial charge in [-0.1, -0.05) is 17.7 Å². The lowest BCUT2D eigenvalue weighted by Gasteiger charge is -2.07. The van der Waals surface area contributed by atoms with E-state index in [0.29, 0.717) is 17.1 Å². The molecular formula is C17H12ClN3OS. The van der Waals surface area contributed by atoms with E-state index >= 15 is 0 Å². The molecule has 23 heavy (non-hydrogen) atoms. The first-order valence-electron chi connectivity index (χ1n) is 7.08. The molecule has 1 amide bonds. The zero-order valence-electron chi connectivity index (χ0n) is 12.0. The summed E-state index contributed by atoms with van der Waals surface area (Å²) < 4.78 is 0. The van der Waals surface area contributed by atoms with Crippen molar-refractivity contribution in [1.82, 2.24) is 9.97 Å². The van der Waals surface area contributed by atoms with Crippen LogP contribution in [-0.4, -0.2) is 15.9 Å². The Labute approximate surface area is 141 Å². The zero-order chi connectivity index (χ0) is 15.8. The number of aromatic amines is 1. The molecule has 0 saturated heterocycles. The minimum atomic E-state index is -0.0622. The normalized spacial score (nSPS) is 11.2. The van der Waals surface area contributed by atoms with E-state index < -0.39 is 0 Å². The van der Waals surface area contributed by atoms with Crippen molar-refractivity contribution in [3.8, 4) is 0 Å². The molecule has 0 aliphatic carbocycles. The van der Waals surface area contributed by atoms with Crippen molar-refractivity contribution in [2.45, 2.75) is 6.42 Å². The van der Waals surface area contributed by atoms with Gasteiger partial charge >= 0.3 is 0 Å². The molecule has 0 aliphatic heterocycles. The Morgan fingerprint density at radius 2 is 2.22 bits per heavy atom. The first kappa shape index (κ1) is 14.2. The topological polar surface area (TPSA) is 57.8 Å². The number of hydrogen-bond donors (Lipinski definition) is 2. The van der Waals surface area contributed by atoms with E-state index in [-0.39, 0.29) is 5.91 Å². The number of anilines is 1. The van der Waals surface area contributed by atoms with E-state index in [2.05, 4.69) is 15.3 Å². The Bertz CT molecular complexity index is 1010. The summed E-state index contributed by atoms with van der Waals surface area (Å²) in [5, 5.41) is 7.51. The van der Waals surface area contributed by atoms with Crippen LogP contribution in [0.25, 0.3) is 21.8 Å². The molecule has 4 aromatic rings. The number of fused-ring (bicyclic) bond motifs is 3. The first-order chi connectivity index (χ1) is 11.2. The molecule has 1 aromatic carbocycles. The van der Waals surface area contributed by atoms with Crippen LogP contribution >= 0.6 is 22.9 Å². The maximum atomic E-state index is 12.3. The Morgan fingerprint density at radius 3 is 3.04 bits per heavy atom. The van der Waals surface area contributed by atoms with Gasteiger partial charge in [0, 0.05) is 26.9 Å². The van der Waals surface area contributed by atoms with Gasteiger partial charge in [0.2, 0.25) is 5.91 Å². The van der Waals surface area contributed by atoms with Crippen LogP contribution in [0, 0.1) is 0 Å². The van der Waals surface area contributed by atoms with E-state index in [4.69, 9.17) is 11.6 Å². The first-order valence-corrected chi connectivity index (χ1v) is 8.33. The lowest BCUT2D eigenvalue weighted by atomic mass is 10.1. The van der Waals surface area contributed by atoms with Crippen LogP contribution in [0.5, 0.6) is 0 Å². The fraction of sp³-hybridized carbons (Fsp3) is 0.0588. The second-order valence-corrected chi connectivity index (χ2v) is 6.70. The number of rotatable bonds is 3. The maximum absolute atomic E-state index is 12.3. The molecular weight excluding hydrogens is 330 g/mol. The highest BCUT2D eigenvalue weighted by atomic mass is 35.5. The maximum Gasteiger partial charge on any atom is 0.229 e. The summed E-state index contributed by atoms with van der Waals surface area (Å²) in [6.45, 7) is 0. The second kappa shape index (κ2) is 5.68. The smallest absolute Gasteiger partial charge is 0.229 e. The SMILES string of the molecule is O=C(Cc1cccs1)Nc1cc(Cl)cc2c1[nH]c1cnccc12. The predicted molar refractivity (Wildman–Crippen MR) is 95.3 cm³/mol.